The van der Waals surface area contributed by atoms with Crippen LogP contribution in [0.15, 0.2) is 0 Å². The molecule has 2 saturated heterocycles. The van der Waals surface area contributed by atoms with E-state index in [1.807, 2.05) is 0 Å². The van der Waals surface area contributed by atoms with Gasteiger partial charge in [-0.15, -0.1) is 0 Å². The van der Waals surface area contributed by atoms with Gasteiger partial charge in [-0.2, -0.15) is 0 Å². The number of amides is 1. The quantitative estimate of drug-likeness (QED) is 0.799. The fourth-order valence-corrected chi connectivity index (χ4v) is 2.91. The van der Waals surface area contributed by atoms with E-state index in [0.29, 0.717) is 24.5 Å². The molecule has 2 fully saturated rings. The lowest BCUT2D eigenvalue weighted by Gasteiger charge is -2.38. The van der Waals surface area contributed by atoms with Crippen LogP contribution in [0.25, 0.3) is 0 Å². The predicted molar refractivity (Wildman–Crippen MR) is 73.5 cm³/mol. The molecule has 0 aliphatic carbocycles. The molecule has 2 heterocycles. The van der Waals surface area contributed by atoms with Crippen LogP contribution in [0, 0.1) is 0 Å². The van der Waals surface area contributed by atoms with Gasteiger partial charge >= 0.3 is 0 Å². The van der Waals surface area contributed by atoms with Crippen molar-refractivity contribution in [3.8, 4) is 0 Å². The van der Waals surface area contributed by atoms with Gasteiger partial charge in [0.25, 0.3) is 0 Å². The van der Waals surface area contributed by atoms with Crippen molar-refractivity contribution in [2.75, 3.05) is 32.7 Å². The smallest absolute Gasteiger partial charge is 0.236 e. The standard InChI is InChI=1S/C14H27N3O/c1-12-10-17(13(2)9-15-12)11-14(18)16-7-5-3-4-6-8-16/h12-13,15H,3-11H2,1-2H3. The Morgan fingerprint density at radius 3 is 2.50 bits per heavy atom. The fourth-order valence-electron chi connectivity index (χ4n) is 2.91. The molecule has 0 bridgehead atoms. The van der Waals surface area contributed by atoms with Crippen molar-refractivity contribution in [1.29, 1.82) is 0 Å². The first-order valence-electron chi connectivity index (χ1n) is 7.42. The molecule has 2 atom stereocenters. The van der Waals surface area contributed by atoms with Crippen LogP contribution in [0.3, 0.4) is 0 Å². The number of carbonyl (C=O) groups is 1. The molecule has 2 aliphatic heterocycles. The molecule has 0 spiro atoms. The van der Waals surface area contributed by atoms with Gasteiger partial charge in [-0.1, -0.05) is 12.8 Å². The van der Waals surface area contributed by atoms with Crippen molar-refractivity contribution in [1.82, 2.24) is 15.1 Å². The van der Waals surface area contributed by atoms with Gasteiger partial charge in [-0.05, 0) is 26.7 Å². The minimum absolute atomic E-state index is 0.331. The van der Waals surface area contributed by atoms with Gasteiger partial charge in [-0.3, -0.25) is 9.69 Å². The first-order valence-corrected chi connectivity index (χ1v) is 7.42. The van der Waals surface area contributed by atoms with Crippen LogP contribution >= 0.6 is 0 Å². The molecule has 1 amide bonds. The number of hydrogen-bond donors (Lipinski definition) is 1. The predicted octanol–water partition coefficient (Wildman–Crippen LogP) is 1.07. The highest BCUT2D eigenvalue weighted by atomic mass is 16.2. The summed E-state index contributed by atoms with van der Waals surface area (Å²) in [5, 5.41) is 3.46. The third kappa shape index (κ3) is 3.69. The molecule has 4 nitrogen and oxygen atoms in total. The Hall–Kier alpha value is -0.610. The zero-order valence-corrected chi connectivity index (χ0v) is 11.8. The maximum atomic E-state index is 12.3. The van der Waals surface area contributed by atoms with Gasteiger partial charge in [0.05, 0.1) is 6.54 Å². The molecule has 18 heavy (non-hydrogen) atoms. The van der Waals surface area contributed by atoms with Crippen molar-refractivity contribution in [3.63, 3.8) is 0 Å². The normalized spacial score (nSPS) is 31.1. The Morgan fingerprint density at radius 2 is 1.83 bits per heavy atom. The highest BCUT2D eigenvalue weighted by Crippen LogP contribution is 2.12. The molecule has 2 aliphatic rings. The molecule has 0 aromatic rings. The summed E-state index contributed by atoms with van der Waals surface area (Å²) in [6.45, 7) is 8.91. The van der Waals surface area contributed by atoms with Crippen LogP contribution < -0.4 is 5.32 Å². The van der Waals surface area contributed by atoms with E-state index in [1.54, 1.807) is 0 Å². The van der Waals surface area contributed by atoms with E-state index in [9.17, 15) is 4.79 Å². The Bertz CT molecular complexity index is 274. The summed E-state index contributed by atoms with van der Waals surface area (Å²) in [5.74, 6) is 0.331. The summed E-state index contributed by atoms with van der Waals surface area (Å²) in [6, 6.07) is 0.968. The van der Waals surface area contributed by atoms with E-state index in [2.05, 4.69) is 29.0 Å². The summed E-state index contributed by atoms with van der Waals surface area (Å²) < 4.78 is 0. The van der Waals surface area contributed by atoms with E-state index in [0.717, 1.165) is 26.2 Å². The number of nitrogens with zero attached hydrogens (tertiary/aromatic N) is 2. The highest BCUT2D eigenvalue weighted by Gasteiger charge is 2.26. The Balaban J connectivity index is 1.85. The van der Waals surface area contributed by atoms with Crippen LogP contribution in [0.2, 0.25) is 0 Å². The summed E-state index contributed by atoms with van der Waals surface area (Å²) in [7, 11) is 0. The van der Waals surface area contributed by atoms with E-state index in [-0.39, 0.29) is 0 Å². The SMILES string of the molecule is CC1CN(CC(=O)N2CCCCCC2)C(C)CN1. The Labute approximate surface area is 111 Å². The molecule has 2 rings (SSSR count). The lowest BCUT2D eigenvalue weighted by Crippen LogP contribution is -2.56. The molecule has 2 unspecified atom stereocenters. The molecular weight excluding hydrogens is 226 g/mol. The molecule has 1 N–H and O–H groups in total. The topological polar surface area (TPSA) is 35.6 Å². The Kier molecular flexibility index (Phi) is 5.01. The van der Waals surface area contributed by atoms with Gasteiger partial charge in [0, 0.05) is 38.3 Å². The van der Waals surface area contributed by atoms with Crippen molar-refractivity contribution in [3.05, 3.63) is 0 Å². The van der Waals surface area contributed by atoms with Gasteiger partial charge in [0.15, 0.2) is 0 Å². The van der Waals surface area contributed by atoms with Crippen LogP contribution in [0.4, 0.5) is 0 Å². The summed E-state index contributed by atoms with van der Waals surface area (Å²) in [4.78, 5) is 16.7. The fraction of sp³-hybridized carbons (Fsp3) is 0.929. The van der Waals surface area contributed by atoms with E-state index < -0.39 is 0 Å². The lowest BCUT2D eigenvalue weighted by atomic mass is 10.1. The lowest BCUT2D eigenvalue weighted by molar-refractivity contribution is -0.133. The first-order chi connectivity index (χ1) is 8.66. The summed E-state index contributed by atoms with van der Waals surface area (Å²) in [6.07, 6.45) is 4.92. The number of hydrogen-bond acceptors (Lipinski definition) is 3. The number of likely N-dealkylation sites (tertiary alicyclic amines) is 1. The second-order valence-electron chi connectivity index (χ2n) is 5.88. The maximum Gasteiger partial charge on any atom is 0.236 e. The monoisotopic (exact) mass is 253 g/mol. The maximum absolute atomic E-state index is 12.3. The molecule has 4 heteroatoms. The largest absolute Gasteiger partial charge is 0.342 e. The molecule has 0 aromatic carbocycles. The van der Waals surface area contributed by atoms with Gasteiger partial charge in [-0.25, -0.2) is 0 Å². The number of piperazine rings is 1. The molecule has 0 aromatic heterocycles. The molecular formula is C14H27N3O. The van der Waals surface area contributed by atoms with Gasteiger partial charge in [0.2, 0.25) is 5.91 Å². The average Bonchev–Trinajstić information content (AvgIpc) is 2.62. The zero-order chi connectivity index (χ0) is 13.0. The number of carbonyl (C=O) groups excluding carboxylic acids is 1. The second-order valence-corrected chi connectivity index (χ2v) is 5.88. The zero-order valence-electron chi connectivity index (χ0n) is 11.8. The third-order valence-electron chi connectivity index (χ3n) is 4.19. The molecule has 0 radical (unpaired) electrons. The van der Waals surface area contributed by atoms with Crippen molar-refractivity contribution >= 4 is 5.91 Å². The Morgan fingerprint density at radius 1 is 1.17 bits per heavy atom. The minimum Gasteiger partial charge on any atom is -0.342 e. The third-order valence-corrected chi connectivity index (χ3v) is 4.19. The van der Waals surface area contributed by atoms with Crippen LogP contribution in [0.5, 0.6) is 0 Å². The molecule has 104 valence electrons. The van der Waals surface area contributed by atoms with Crippen LogP contribution in [0.1, 0.15) is 39.5 Å². The van der Waals surface area contributed by atoms with Crippen molar-refractivity contribution in [2.45, 2.75) is 51.6 Å². The number of nitrogens with one attached hydrogen (secondary N) is 1. The van der Waals surface area contributed by atoms with Crippen LogP contribution in [-0.2, 0) is 4.79 Å². The van der Waals surface area contributed by atoms with E-state index >= 15 is 0 Å². The van der Waals surface area contributed by atoms with Crippen molar-refractivity contribution < 1.29 is 4.79 Å². The van der Waals surface area contributed by atoms with E-state index in [1.165, 1.54) is 25.7 Å². The van der Waals surface area contributed by atoms with Gasteiger partial charge < -0.3 is 10.2 Å². The van der Waals surface area contributed by atoms with Gasteiger partial charge in [0.1, 0.15) is 0 Å². The highest BCUT2D eigenvalue weighted by molar-refractivity contribution is 5.78. The van der Waals surface area contributed by atoms with Crippen molar-refractivity contribution in [2.24, 2.45) is 0 Å². The average molecular weight is 253 g/mol. The molecule has 0 saturated carbocycles. The number of rotatable bonds is 2. The first kappa shape index (κ1) is 13.8. The summed E-state index contributed by atoms with van der Waals surface area (Å²) >= 11 is 0. The van der Waals surface area contributed by atoms with E-state index in [4.69, 9.17) is 0 Å². The summed E-state index contributed by atoms with van der Waals surface area (Å²) in [5.41, 5.74) is 0. The minimum atomic E-state index is 0.331. The van der Waals surface area contributed by atoms with Crippen LogP contribution in [-0.4, -0.2) is 60.5 Å². The second kappa shape index (κ2) is 6.53.